The second-order valence-electron chi connectivity index (χ2n) is 3.09. The molecule has 0 fully saturated rings. The lowest BCUT2D eigenvalue weighted by molar-refractivity contribution is 0.621. The van der Waals surface area contributed by atoms with E-state index >= 15 is 0 Å². The standard InChI is InChI=1S/C11H13BrFN/c1-3-4-5-14-11-7-10(13)9(12)6-8(11)2/h3,6-7,14H,1,4-5H2,2H3. The Morgan fingerprint density at radius 3 is 2.93 bits per heavy atom. The fourth-order valence-corrected chi connectivity index (χ4v) is 1.60. The van der Waals surface area contributed by atoms with Gasteiger partial charge in [-0.2, -0.15) is 0 Å². The van der Waals surface area contributed by atoms with Crippen molar-refractivity contribution in [2.75, 3.05) is 11.9 Å². The van der Waals surface area contributed by atoms with E-state index in [1.54, 1.807) is 6.07 Å². The van der Waals surface area contributed by atoms with Gasteiger partial charge in [0.15, 0.2) is 0 Å². The highest BCUT2D eigenvalue weighted by molar-refractivity contribution is 9.10. The molecule has 76 valence electrons. The van der Waals surface area contributed by atoms with Crippen molar-refractivity contribution in [1.82, 2.24) is 0 Å². The average molecular weight is 258 g/mol. The molecule has 0 atom stereocenters. The topological polar surface area (TPSA) is 12.0 Å². The fourth-order valence-electron chi connectivity index (χ4n) is 1.15. The molecule has 0 bridgehead atoms. The highest BCUT2D eigenvalue weighted by Crippen LogP contribution is 2.23. The second-order valence-corrected chi connectivity index (χ2v) is 3.94. The van der Waals surface area contributed by atoms with Crippen LogP contribution in [0.25, 0.3) is 0 Å². The zero-order valence-corrected chi connectivity index (χ0v) is 9.70. The van der Waals surface area contributed by atoms with Crippen molar-refractivity contribution in [3.63, 3.8) is 0 Å². The molecule has 1 N–H and O–H groups in total. The van der Waals surface area contributed by atoms with Gasteiger partial charge in [-0.05, 0) is 47.0 Å². The Labute approximate surface area is 92.1 Å². The minimum Gasteiger partial charge on any atom is -0.384 e. The van der Waals surface area contributed by atoms with E-state index in [-0.39, 0.29) is 5.82 Å². The maximum absolute atomic E-state index is 13.2. The summed E-state index contributed by atoms with van der Waals surface area (Å²) < 4.78 is 13.7. The minimum atomic E-state index is -0.239. The Kier molecular flexibility index (Phi) is 4.14. The molecule has 0 aliphatic rings. The summed E-state index contributed by atoms with van der Waals surface area (Å²) in [7, 11) is 0. The number of rotatable bonds is 4. The number of nitrogens with one attached hydrogen (secondary N) is 1. The molecule has 0 heterocycles. The molecule has 0 radical (unpaired) electrons. The van der Waals surface area contributed by atoms with Gasteiger partial charge >= 0.3 is 0 Å². The lowest BCUT2D eigenvalue weighted by Crippen LogP contribution is -2.02. The lowest BCUT2D eigenvalue weighted by Gasteiger charge is -2.09. The first-order chi connectivity index (χ1) is 6.65. The molecule has 1 rings (SSSR count). The molecule has 14 heavy (non-hydrogen) atoms. The minimum absolute atomic E-state index is 0.239. The summed E-state index contributed by atoms with van der Waals surface area (Å²) in [5, 5.41) is 3.15. The first-order valence-electron chi connectivity index (χ1n) is 4.45. The van der Waals surface area contributed by atoms with Crippen LogP contribution in [0.1, 0.15) is 12.0 Å². The van der Waals surface area contributed by atoms with Gasteiger partial charge in [0.2, 0.25) is 0 Å². The van der Waals surface area contributed by atoms with Gasteiger partial charge in [-0.25, -0.2) is 4.39 Å². The molecule has 0 aromatic heterocycles. The van der Waals surface area contributed by atoms with E-state index in [9.17, 15) is 4.39 Å². The molecule has 0 spiro atoms. The Balaban J connectivity index is 2.76. The van der Waals surface area contributed by atoms with Gasteiger partial charge < -0.3 is 5.32 Å². The summed E-state index contributed by atoms with van der Waals surface area (Å²) in [6.07, 6.45) is 2.70. The van der Waals surface area contributed by atoms with Crippen molar-refractivity contribution in [2.45, 2.75) is 13.3 Å². The molecule has 3 heteroatoms. The van der Waals surface area contributed by atoms with Crippen molar-refractivity contribution in [3.8, 4) is 0 Å². The van der Waals surface area contributed by atoms with Gasteiger partial charge in [0.05, 0.1) is 4.47 Å². The average Bonchev–Trinajstić information content (AvgIpc) is 2.14. The van der Waals surface area contributed by atoms with E-state index in [0.29, 0.717) is 4.47 Å². The molecular formula is C11H13BrFN. The predicted octanol–water partition coefficient (Wildman–Crippen LogP) is 3.88. The molecule has 1 aromatic rings. The fraction of sp³-hybridized carbons (Fsp3) is 0.273. The van der Waals surface area contributed by atoms with E-state index in [1.165, 1.54) is 6.07 Å². The number of halogens is 2. The Bertz CT molecular complexity index is 336. The smallest absolute Gasteiger partial charge is 0.139 e. The summed E-state index contributed by atoms with van der Waals surface area (Å²) in [6, 6.07) is 3.27. The third-order valence-corrected chi connectivity index (χ3v) is 2.54. The first-order valence-corrected chi connectivity index (χ1v) is 5.25. The van der Waals surface area contributed by atoms with E-state index in [2.05, 4.69) is 27.8 Å². The van der Waals surface area contributed by atoms with Gasteiger partial charge in [-0.1, -0.05) is 6.08 Å². The molecule has 1 aromatic carbocycles. The van der Waals surface area contributed by atoms with Crippen LogP contribution in [0.5, 0.6) is 0 Å². The van der Waals surface area contributed by atoms with Crippen LogP contribution in [0.15, 0.2) is 29.3 Å². The lowest BCUT2D eigenvalue weighted by atomic mass is 10.2. The summed E-state index contributed by atoms with van der Waals surface area (Å²) in [5.74, 6) is -0.239. The maximum Gasteiger partial charge on any atom is 0.139 e. The molecule has 0 amide bonds. The Morgan fingerprint density at radius 1 is 1.57 bits per heavy atom. The largest absolute Gasteiger partial charge is 0.384 e. The van der Waals surface area contributed by atoms with E-state index < -0.39 is 0 Å². The summed E-state index contributed by atoms with van der Waals surface area (Å²) in [6.45, 7) is 6.35. The van der Waals surface area contributed by atoms with Crippen LogP contribution in [0.4, 0.5) is 10.1 Å². The number of hydrogen-bond acceptors (Lipinski definition) is 1. The Hall–Kier alpha value is -0.830. The zero-order valence-electron chi connectivity index (χ0n) is 8.11. The quantitative estimate of drug-likeness (QED) is 0.638. The molecule has 0 unspecified atom stereocenters. The van der Waals surface area contributed by atoms with Crippen LogP contribution in [0.3, 0.4) is 0 Å². The van der Waals surface area contributed by atoms with Gasteiger partial charge in [-0.3, -0.25) is 0 Å². The van der Waals surface area contributed by atoms with Crippen LogP contribution in [-0.4, -0.2) is 6.54 Å². The monoisotopic (exact) mass is 257 g/mol. The second kappa shape index (κ2) is 5.15. The van der Waals surface area contributed by atoms with Crippen LogP contribution in [0.2, 0.25) is 0 Å². The van der Waals surface area contributed by atoms with E-state index in [4.69, 9.17) is 0 Å². The van der Waals surface area contributed by atoms with Gasteiger partial charge in [0, 0.05) is 12.2 Å². The SMILES string of the molecule is C=CCCNc1cc(F)c(Br)cc1C. The Morgan fingerprint density at radius 2 is 2.29 bits per heavy atom. The molecule has 0 aliphatic heterocycles. The third kappa shape index (κ3) is 2.84. The molecule has 1 nitrogen and oxygen atoms in total. The zero-order chi connectivity index (χ0) is 10.6. The molecule has 0 saturated heterocycles. The first kappa shape index (κ1) is 11.2. The third-order valence-electron chi connectivity index (χ3n) is 1.93. The predicted molar refractivity (Wildman–Crippen MR) is 62.1 cm³/mol. The van der Waals surface area contributed by atoms with Gasteiger partial charge in [0.1, 0.15) is 5.82 Å². The van der Waals surface area contributed by atoms with Crippen LogP contribution in [0, 0.1) is 12.7 Å². The van der Waals surface area contributed by atoms with Crippen molar-refractivity contribution >= 4 is 21.6 Å². The number of benzene rings is 1. The van der Waals surface area contributed by atoms with Crippen LogP contribution in [-0.2, 0) is 0 Å². The highest BCUT2D eigenvalue weighted by atomic mass is 79.9. The van der Waals surface area contributed by atoms with Crippen molar-refractivity contribution in [1.29, 1.82) is 0 Å². The van der Waals surface area contributed by atoms with Crippen molar-refractivity contribution in [2.24, 2.45) is 0 Å². The van der Waals surface area contributed by atoms with Crippen LogP contribution >= 0.6 is 15.9 Å². The molecular weight excluding hydrogens is 245 g/mol. The highest BCUT2D eigenvalue weighted by Gasteiger charge is 2.03. The molecule has 0 aliphatic carbocycles. The van der Waals surface area contributed by atoms with E-state index in [0.717, 1.165) is 24.2 Å². The summed E-state index contributed by atoms with van der Waals surface area (Å²) >= 11 is 3.14. The van der Waals surface area contributed by atoms with Crippen molar-refractivity contribution in [3.05, 3.63) is 40.6 Å². The summed E-state index contributed by atoms with van der Waals surface area (Å²) in [4.78, 5) is 0. The maximum atomic E-state index is 13.2. The number of hydrogen-bond donors (Lipinski definition) is 1. The van der Waals surface area contributed by atoms with Crippen molar-refractivity contribution < 1.29 is 4.39 Å². The van der Waals surface area contributed by atoms with Gasteiger partial charge in [0.25, 0.3) is 0 Å². The number of anilines is 1. The van der Waals surface area contributed by atoms with E-state index in [1.807, 2.05) is 13.0 Å². The number of aryl methyl sites for hydroxylation is 1. The normalized spacial score (nSPS) is 9.93. The molecule has 0 saturated carbocycles. The summed E-state index contributed by atoms with van der Waals surface area (Å²) in [5.41, 5.74) is 1.87. The van der Waals surface area contributed by atoms with Crippen LogP contribution < -0.4 is 5.32 Å². The van der Waals surface area contributed by atoms with Gasteiger partial charge in [-0.15, -0.1) is 6.58 Å².